The molecule has 1 aliphatic heterocycles. The largest absolute Gasteiger partial charge is 0.468 e. The number of amides is 1. The fraction of sp³-hybridized carbons (Fsp3) is 0.353. The van der Waals surface area contributed by atoms with Crippen molar-refractivity contribution >= 4 is 28.5 Å². The van der Waals surface area contributed by atoms with Gasteiger partial charge in [-0.25, -0.2) is 0 Å². The number of halogens is 1. The second-order valence-electron chi connectivity index (χ2n) is 5.49. The zero-order chi connectivity index (χ0) is 15.4. The maximum absolute atomic E-state index is 12.3. The van der Waals surface area contributed by atoms with E-state index in [0.29, 0.717) is 12.1 Å². The van der Waals surface area contributed by atoms with Crippen molar-refractivity contribution < 1.29 is 9.21 Å². The first kappa shape index (κ1) is 15.6. The highest BCUT2D eigenvalue weighted by atomic mass is 127. The van der Waals surface area contributed by atoms with Gasteiger partial charge in [0, 0.05) is 15.7 Å². The van der Waals surface area contributed by atoms with Crippen LogP contribution in [0.15, 0.2) is 47.1 Å². The molecular weight excluding hydrogens is 391 g/mol. The van der Waals surface area contributed by atoms with Gasteiger partial charge in [0.15, 0.2) is 0 Å². The standard InChI is InChI=1S/C17H19IN2O2/c18-14-6-3-5-13(11-14)17(21)19-12-15(16-7-4-10-22-16)20-8-1-2-9-20/h3-7,10-11,15H,1-2,8-9,12H2,(H,19,21)/t15-/m1/s1. The van der Waals surface area contributed by atoms with Crippen molar-refractivity contribution in [3.8, 4) is 0 Å². The Hall–Kier alpha value is -1.34. The van der Waals surface area contributed by atoms with E-state index in [4.69, 9.17) is 4.42 Å². The van der Waals surface area contributed by atoms with Crippen LogP contribution < -0.4 is 5.32 Å². The van der Waals surface area contributed by atoms with E-state index in [9.17, 15) is 4.79 Å². The van der Waals surface area contributed by atoms with Crippen LogP contribution in [-0.2, 0) is 0 Å². The molecular formula is C17H19IN2O2. The minimum atomic E-state index is -0.0331. The van der Waals surface area contributed by atoms with E-state index < -0.39 is 0 Å². The highest BCUT2D eigenvalue weighted by Crippen LogP contribution is 2.25. The van der Waals surface area contributed by atoms with Crippen LogP contribution in [0.1, 0.15) is 35.0 Å². The number of rotatable bonds is 5. The Morgan fingerprint density at radius 3 is 2.77 bits per heavy atom. The molecule has 1 fully saturated rings. The van der Waals surface area contributed by atoms with Gasteiger partial charge in [0.25, 0.3) is 5.91 Å². The van der Waals surface area contributed by atoms with Crippen LogP contribution in [0.4, 0.5) is 0 Å². The molecule has 0 unspecified atom stereocenters. The first-order valence-corrected chi connectivity index (χ1v) is 8.63. The second kappa shape index (κ2) is 7.28. The van der Waals surface area contributed by atoms with Gasteiger partial charge in [0.05, 0.1) is 12.3 Å². The molecule has 1 aliphatic rings. The van der Waals surface area contributed by atoms with Gasteiger partial charge in [-0.1, -0.05) is 6.07 Å². The molecule has 116 valence electrons. The zero-order valence-electron chi connectivity index (χ0n) is 12.3. The first-order chi connectivity index (χ1) is 10.7. The molecule has 2 aromatic rings. The molecule has 2 heterocycles. The Labute approximate surface area is 144 Å². The van der Waals surface area contributed by atoms with Crippen LogP contribution in [0.2, 0.25) is 0 Å². The van der Waals surface area contributed by atoms with Gasteiger partial charge in [0.2, 0.25) is 0 Å². The number of benzene rings is 1. The number of furan rings is 1. The average molecular weight is 410 g/mol. The van der Waals surface area contributed by atoms with Crippen LogP contribution >= 0.6 is 22.6 Å². The lowest BCUT2D eigenvalue weighted by atomic mass is 10.1. The summed E-state index contributed by atoms with van der Waals surface area (Å²) < 4.78 is 6.63. The monoisotopic (exact) mass is 410 g/mol. The highest BCUT2D eigenvalue weighted by molar-refractivity contribution is 14.1. The van der Waals surface area contributed by atoms with Crippen molar-refractivity contribution in [3.05, 3.63) is 57.6 Å². The summed E-state index contributed by atoms with van der Waals surface area (Å²) >= 11 is 2.22. The molecule has 0 aliphatic carbocycles. The Morgan fingerprint density at radius 2 is 2.09 bits per heavy atom. The Balaban J connectivity index is 1.67. The Morgan fingerprint density at radius 1 is 1.27 bits per heavy atom. The van der Waals surface area contributed by atoms with E-state index in [2.05, 4.69) is 32.8 Å². The van der Waals surface area contributed by atoms with E-state index in [1.807, 2.05) is 36.4 Å². The van der Waals surface area contributed by atoms with E-state index in [0.717, 1.165) is 22.4 Å². The van der Waals surface area contributed by atoms with E-state index >= 15 is 0 Å². The third-order valence-electron chi connectivity index (χ3n) is 4.00. The number of carbonyl (C=O) groups excluding carboxylic acids is 1. The summed E-state index contributed by atoms with van der Waals surface area (Å²) in [5.41, 5.74) is 0.700. The summed E-state index contributed by atoms with van der Waals surface area (Å²) in [5.74, 6) is 0.888. The predicted molar refractivity (Wildman–Crippen MR) is 93.7 cm³/mol. The number of likely N-dealkylation sites (tertiary alicyclic amines) is 1. The molecule has 5 heteroatoms. The molecule has 1 saturated heterocycles. The lowest BCUT2D eigenvalue weighted by molar-refractivity contribution is 0.0933. The molecule has 1 atom stereocenters. The van der Waals surface area contributed by atoms with Gasteiger partial charge in [-0.2, -0.15) is 0 Å². The number of carbonyl (C=O) groups is 1. The van der Waals surface area contributed by atoms with Crippen molar-refractivity contribution in [2.24, 2.45) is 0 Å². The van der Waals surface area contributed by atoms with E-state index in [1.54, 1.807) is 6.26 Å². The van der Waals surface area contributed by atoms with Gasteiger partial charge >= 0.3 is 0 Å². The molecule has 1 amide bonds. The number of hydrogen-bond donors (Lipinski definition) is 1. The van der Waals surface area contributed by atoms with Gasteiger partial charge in [-0.05, 0) is 78.9 Å². The summed E-state index contributed by atoms with van der Waals surface area (Å²) in [6, 6.07) is 11.6. The lowest BCUT2D eigenvalue weighted by Gasteiger charge is -2.26. The van der Waals surface area contributed by atoms with Gasteiger partial charge < -0.3 is 9.73 Å². The summed E-state index contributed by atoms with van der Waals surface area (Å²) in [6.45, 7) is 2.69. The number of hydrogen-bond acceptors (Lipinski definition) is 3. The lowest BCUT2D eigenvalue weighted by Crippen LogP contribution is -2.36. The smallest absolute Gasteiger partial charge is 0.251 e. The van der Waals surface area contributed by atoms with Crippen molar-refractivity contribution in [2.75, 3.05) is 19.6 Å². The van der Waals surface area contributed by atoms with E-state index in [-0.39, 0.29) is 11.9 Å². The quantitative estimate of drug-likeness (QED) is 0.769. The van der Waals surface area contributed by atoms with Crippen molar-refractivity contribution in [1.82, 2.24) is 10.2 Å². The van der Waals surface area contributed by atoms with Crippen LogP contribution in [0.25, 0.3) is 0 Å². The second-order valence-corrected chi connectivity index (χ2v) is 6.74. The zero-order valence-corrected chi connectivity index (χ0v) is 14.5. The molecule has 1 aromatic carbocycles. The molecule has 0 radical (unpaired) electrons. The maximum Gasteiger partial charge on any atom is 0.251 e. The summed E-state index contributed by atoms with van der Waals surface area (Å²) in [7, 11) is 0. The van der Waals surface area contributed by atoms with Crippen molar-refractivity contribution in [2.45, 2.75) is 18.9 Å². The van der Waals surface area contributed by atoms with Gasteiger partial charge in [-0.15, -0.1) is 0 Å². The SMILES string of the molecule is O=C(NC[C@H](c1ccco1)N1CCCC1)c1cccc(I)c1. The van der Waals surface area contributed by atoms with E-state index in [1.165, 1.54) is 12.8 Å². The molecule has 1 N–H and O–H groups in total. The fourth-order valence-electron chi connectivity index (χ4n) is 2.86. The van der Waals surface area contributed by atoms with Crippen LogP contribution in [0, 0.1) is 3.57 Å². The predicted octanol–water partition coefficient (Wildman–Crippen LogP) is 3.45. The molecule has 3 rings (SSSR count). The summed E-state index contributed by atoms with van der Waals surface area (Å²) in [4.78, 5) is 14.7. The first-order valence-electron chi connectivity index (χ1n) is 7.55. The molecule has 22 heavy (non-hydrogen) atoms. The van der Waals surface area contributed by atoms with Gasteiger partial charge in [0.1, 0.15) is 5.76 Å². The highest BCUT2D eigenvalue weighted by Gasteiger charge is 2.26. The minimum absolute atomic E-state index is 0.0331. The van der Waals surface area contributed by atoms with Crippen LogP contribution in [0.3, 0.4) is 0 Å². The van der Waals surface area contributed by atoms with Gasteiger partial charge in [-0.3, -0.25) is 9.69 Å². The number of nitrogens with zero attached hydrogens (tertiary/aromatic N) is 1. The Kier molecular flexibility index (Phi) is 5.15. The molecule has 1 aromatic heterocycles. The molecule has 0 saturated carbocycles. The Bertz CT molecular complexity index is 621. The third kappa shape index (κ3) is 3.70. The average Bonchev–Trinajstić information content (AvgIpc) is 3.21. The molecule has 0 bridgehead atoms. The summed E-state index contributed by atoms with van der Waals surface area (Å²) in [6.07, 6.45) is 4.11. The normalized spacial score (nSPS) is 16.6. The van der Waals surface area contributed by atoms with Crippen LogP contribution in [0.5, 0.6) is 0 Å². The molecule has 4 nitrogen and oxygen atoms in total. The van der Waals surface area contributed by atoms with Crippen LogP contribution in [-0.4, -0.2) is 30.4 Å². The summed E-state index contributed by atoms with van der Waals surface area (Å²) in [5, 5.41) is 3.05. The number of nitrogens with one attached hydrogen (secondary N) is 1. The minimum Gasteiger partial charge on any atom is -0.468 e. The maximum atomic E-state index is 12.3. The van der Waals surface area contributed by atoms with Crippen molar-refractivity contribution in [1.29, 1.82) is 0 Å². The molecule has 0 spiro atoms. The third-order valence-corrected chi connectivity index (χ3v) is 4.67. The topological polar surface area (TPSA) is 45.5 Å². The fourth-order valence-corrected chi connectivity index (χ4v) is 3.41. The van der Waals surface area contributed by atoms with Crippen molar-refractivity contribution in [3.63, 3.8) is 0 Å².